The van der Waals surface area contributed by atoms with E-state index in [9.17, 15) is 5.26 Å². The predicted molar refractivity (Wildman–Crippen MR) is 77.0 cm³/mol. The Morgan fingerprint density at radius 1 is 1.32 bits per heavy atom. The zero-order valence-corrected chi connectivity index (χ0v) is 11.9. The van der Waals surface area contributed by atoms with Crippen LogP contribution in [-0.4, -0.2) is 6.10 Å². The zero-order valence-electron chi connectivity index (χ0n) is 11.9. The average molecular weight is 257 g/mol. The van der Waals surface area contributed by atoms with E-state index in [1.165, 1.54) is 18.4 Å². The third-order valence-corrected chi connectivity index (χ3v) is 4.24. The van der Waals surface area contributed by atoms with Gasteiger partial charge in [0.25, 0.3) is 0 Å². The maximum absolute atomic E-state index is 9.27. The molecule has 2 rings (SSSR count). The Balaban J connectivity index is 2.07. The predicted octanol–water partition coefficient (Wildman–Crippen LogP) is 4.35. The molecule has 1 saturated carbocycles. The van der Waals surface area contributed by atoms with Crippen LogP contribution in [0.1, 0.15) is 45.1 Å². The Hall–Kier alpha value is -1.49. The van der Waals surface area contributed by atoms with Crippen molar-refractivity contribution in [2.75, 3.05) is 0 Å². The topological polar surface area (TPSA) is 33.0 Å². The highest BCUT2D eigenvalue weighted by Crippen LogP contribution is 2.33. The van der Waals surface area contributed by atoms with Crippen molar-refractivity contribution in [1.82, 2.24) is 0 Å². The first-order valence-corrected chi connectivity index (χ1v) is 7.42. The van der Waals surface area contributed by atoms with Crippen molar-refractivity contribution in [1.29, 1.82) is 5.26 Å². The SMILES string of the molecule is CCc1cccc(OC2CC(CC)CCC2C#N)c1. The van der Waals surface area contributed by atoms with Crippen LogP contribution in [0.4, 0.5) is 0 Å². The number of nitrogens with zero attached hydrogens (tertiary/aromatic N) is 1. The highest BCUT2D eigenvalue weighted by Gasteiger charge is 2.31. The fourth-order valence-corrected chi connectivity index (χ4v) is 2.87. The van der Waals surface area contributed by atoms with Crippen molar-refractivity contribution in [3.05, 3.63) is 29.8 Å². The van der Waals surface area contributed by atoms with Crippen LogP contribution in [0.3, 0.4) is 0 Å². The van der Waals surface area contributed by atoms with E-state index in [4.69, 9.17) is 4.74 Å². The molecule has 0 spiro atoms. The van der Waals surface area contributed by atoms with Gasteiger partial charge in [-0.25, -0.2) is 0 Å². The molecule has 1 aliphatic carbocycles. The molecular weight excluding hydrogens is 234 g/mol. The molecule has 0 aromatic heterocycles. The van der Waals surface area contributed by atoms with Crippen molar-refractivity contribution in [2.24, 2.45) is 11.8 Å². The maximum atomic E-state index is 9.27. The van der Waals surface area contributed by atoms with Crippen molar-refractivity contribution >= 4 is 0 Å². The summed E-state index contributed by atoms with van der Waals surface area (Å²) in [5, 5.41) is 9.27. The van der Waals surface area contributed by atoms with Gasteiger partial charge in [-0.05, 0) is 49.3 Å². The molecule has 0 heterocycles. The largest absolute Gasteiger partial charge is 0.489 e. The van der Waals surface area contributed by atoms with E-state index < -0.39 is 0 Å². The Labute approximate surface area is 116 Å². The molecule has 1 aromatic carbocycles. The van der Waals surface area contributed by atoms with Crippen LogP contribution < -0.4 is 4.74 Å². The minimum atomic E-state index is 0.0492. The van der Waals surface area contributed by atoms with Crippen LogP contribution >= 0.6 is 0 Å². The average Bonchev–Trinajstić information content (AvgIpc) is 2.47. The van der Waals surface area contributed by atoms with Gasteiger partial charge in [-0.3, -0.25) is 0 Å². The smallest absolute Gasteiger partial charge is 0.120 e. The first-order valence-electron chi connectivity index (χ1n) is 7.42. The number of rotatable bonds is 4. The van der Waals surface area contributed by atoms with Crippen molar-refractivity contribution in [3.8, 4) is 11.8 Å². The molecule has 0 aliphatic heterocycles. The summed E-state index contributed by atoms with van der Waals surface area (Å²) in [5.74, 6) is 1.68. The second-order valence-electron chi connectivity index (χ2n) is 5.48. The van der Waals surface area contributed by atoms with Crippen LogP contribution in [0.5, 0.6) is 5.75 Å². The number of hydrogen-bond donors (Lipinski definition) is 0. The third-order valence-electron chi connectivity index (χ3n) is 4.24. The molecule has 19 heavy (non-hydrogen) atoms. The Bertz CT molecular complexity index is 449. The number of benzene rings is 1. The van der Waals surface area contributed by atoms with E-state index >= 15 is 0 Å². The van der Waals surface area contributed by atoms with Crippen molar-refractivity contribution in [2.45, 2.75) is 52.1 Å². The third kappa shape index (κ3) is 3.50. The van der Waals surface area contributed by atoms with E-state index in [0.29, 0.717) is 5.92 Å². The molecule has 1 fully saturated rings. The van der Waals surface area contributed by atoms with E-state index in [2.05, 4.69) is 32.0 Å². The molecule has 0 radical (unpaired) electrons. The highest BCUT2D eigenvalue weighted by atomic mass is 16.5. The van der Waals surface area contributed by atoms with Gasteiger partial charge in [-0.1, -0.05) is 32.4 Å². The number of ether oxygens (including phenoxy) is 1. The number of nitriles is 1. The standard InChI is InChI=1S/C17H23NO/c1-3-13-6-5-7-16(10-13)19-17-11-14(4-2)8-9-15(17)12-18/h5-7,10,14-15,17H,3-4,8-9,11H2,1-2H3. The second kappa shape index (κ2) is 6.61. The van der Waals surface area contributed by atoms with Crippen LogP contribution in [-0.2, 0) is 6.42 Å². The Morgan fingerprint density at radius 3 is 2.84 bits per heavy atom. The normalized spacial score (nSPS) is 26.7. The molecule has 2 nitrogen and oxygen atoms in total. The van der Waals surface area contributed by atoms with E-state index in [0.717, 1.165) is 25.0 Å². The zero-order chi connectivity index (χ0) is 13.7. The maximum Gasteiger partial charge on any atom is 0.120 e. The quantitative estimate of drug-likeness (QED) is 0.803. The molecule has 1 aromatic rings. The van der Waals surface area contributed by atoms with Crippen LogP contribution in [0, 0.1) is 23.2 Å². The van der Waals surface area contributed by atoms with Gasteiger partial charge in [-0.15, -0.1) is 0 Å². The van der Waals surface area contributed by atoms with Crippen LogP contribution in [0.2, 0.25) is 0 Å². The molecule has 0 N–H and O–H groups in total. The molecular formula is C17H23NO. The summed E-state index contributed by atoms with van der Waals surface area (Å²) in [6.07, 6.45) is 5.44. The van der Waals surface area contributed by atoms with Gasteiger partial charge in [0.1, 0.15) is 11.9 Å². The lowest BCUT2D eigenvalue weighted by Gasteiger charge is -2.32. The summed E-state index contributed by atoms with van der Waals surface area (Å²) in [6.45, 7) is 4.37. The summed E-state index contributed by atoms with van der Waals surface area (Å²) < 4.78 is 6.11. The summed E-state index contributed by atoms with van der Waals surface area (Å²) in [6, 6.07) is 10.7. The summed E-state index contributed by atoms with van der Waals surface area (Å²) in [5.41, 5.74) is 1.29. The van der Waals surface area contributed by atoms with Gasteiger partial charge in [0.15, 0.2) is 0 Å². The number of aryl methyl sites for hydroxylation is 1. The molecule has 1 aliphatic rings. The summed E-state index contributed by atoms with van der Waals surface area (Å²) in [4.78, 5) is 0. The molecule has 3 unspecified atom stereocenters. The molecule has 2 heteroatoms. The monoisotopic (exact) mass is 257 g/mol. The minimum Gasteiger partial charge on any atom is -0.489 e. The molecule has 0 bridgehead atoms. The van der Waals surface area contributed by atoms with Crippen molar-refractivity contribution in [3.63, 3.8) is 0 Å². The van der Waals surface area contributed by atoms with E-state index in [1.54, 1.807) is 0 Å². The van der Waals surface area contributed by atoms with Gasteiger partial charge >= 0.3 is 0 Å². The summed E-state index contributed by atoms with van der Waals surface area (Å²) in [7, 11) is 0. The second-order valence-corrected chi connectivity index (χ2v) is 5.48. The Morgan fingerprint density at radius 2 is 2.16 bits per heavy atom. The first-order chi connectivity index (χ1) is 9.26. The lowest BCUT2D eigenvalue weighted by Crippen LogP contribution is -2.33. The van der Waals surface area contributed by atoms with Gasteiger partial charge < -0.3 is 4.74 Å². The van der Waals surface area contributed by atoms with Crippen LogP contribution in [0.25, 0.3) is 0 Å². The summed E-state index contributed by atoms with van der Waals surface area (Å²) >= 11 is 0. The van der Waals surface area contributed by atoms with Gasteiger partial charge in [-0.2, -0.15) is 5.26 Å². The first kappa shape index (κ1) is 13.9. The van der Waals surface area contributed by atoms with Crippen molar-refractivity contribution < 1.29 is 4.74 Å². The highest BCUT2D eigenvalue weighted by molar-refractivity contribution is 5.28. The lowest BCUT2D eigenvalue weighted by molar-refractivity contribution is 0.0892. The minimum absolute atomic E-state index is 0.0492. The number of hydrogen-bond acceptors (Lipinski definition) is 2. The molecule has 0 saturated heterocycles. The van der Waals surface area contributed by atoms with Gasteiger partial charge in [0.2, 0.25) is 0 Å². The molecule has 102 valence electrons. The van der Waals surface area contributed by atoms with Gasteiger partial charge in [0, 0.05) is 0 Å². The van der Waals surface area contributed by atoms with E-state index in [1.807, 2.05) is 12.1 Å². The van der Waals surface area contributed by atoms with E-state index in [-0.39, 0.29) is 12.0 Å². The fourth-order valence-electron chi connectivity index (χ4n) is 2.87. The molecule has 3 atom stereocenters. The van der Waals surface area contributed by atoms with Gasteiger partial charge in [0.05, 0.1) is 12.0 Å². The fraction of sp³-hybridized carbons (Fsp3) is 0.588. The van der Waals surface area contributed by atoms with Crippen LogP contribution in [0.15, 0.2) is 24.3 Å². The lowest BCUT2D eigenvalue weighted by atomic mass is 9.79. The molecule has 0 amide bonds. The Kier molecular flexibility index (Phi) is 4.85.